The van der Waals surface area contributed by atoms with E-state index < -0.39 is 30.1 Å². The molecule has 0 aromatic heterocycles. The van der Waals surface area contributed by atoms with Crippen LogP contribution in [0.4, 0.5) is 4.79 Å². The smallest absolute Gasteiger partial charge is 0.407 e. The van der Waals surface area contributed by atoms with Gasteiger partial charge in [-0.05, 0) is 28.7 Å². The van der Waals surface area contributed by atoms with Gasteiger partial charge in [-0.3, -0.25) is 4.79 Å². The van der Waals surface area contributed by atoms with Crippen molar-refractivity contribution >= 4 is 18.0 Å². The van der Waals surface area contributed by atoms with E-state index in [-0.39, 0.29) is 31.6 Å². The molecule has 1 saturated heterocycles. The van der Waals surface area contributed by atoms with E-state index in [2.05, 4.69) is 22.8 Å². The first-order valence-corrected chi connectivity index (χ1v) is 10.7. The minimum absolute atomic E-state index is 0.0378. The Bertz CT molecular complexity index is 978. The van der Waals surface area contributed by atoms with Crippen LogP contribution in [0, 0.1) is 5.92 Å². The van der Waals surface area contributed by atoms with Crippen molar-refractivity contribution < 1.29 is 29.0 Å². The summed E-state index contributed by atoms with van der Waals surface area (Å²) in [4.78, 5) is 35.8. The van der Waals surface area contributed by atoms with E-state index in [4.69, 9.17) is 14.6 Å². The van der Waals surface area contributed by atoms with Crippen LogP contribution in [-0.4, -0.2) is 55.0 Å². The van der Waals surface area contributed by atoms with E-state index in [0.717, 1.165) is 22.3 Å². The maximum atomic E-state index is 12.4. The number of nitrogens with one attached hydrogen (secondary N) is 2. The van der Waals surface area contributed by atoms with Crippen LogP contribution >= 0.6 is 0 Å². The number of benzene rings is 2. The van der Waals surface area contributed by atoms with Crippen molar-refractivity contribution in [2.45, 2.75) is 31.4 Å². The average molecular weight is 438 g/mol. The first-order chi connectivity index (χ1) is 15.5. The lowest BCUT2D eigenvalue weighted by Crippen LogP contribution is -2.47. The maximum Gasteiger partial charge on any atom is 0.407 e. The number of carbonyl (C=O) groups excluding carboxylic acids is 2. The van der Waals surface area contributed by atoms with Crippen molar-refractivity contribution in [3.8, 4) is 11.1 Å². The predicted octanol–water partition coefficient (Wildman–Crippen LogP) is 2.52. The van der Waals surface area contributed by atoms with Crippen molar-refractivity contribution in [2.24, 2.45) is 5.92 Å². The average Bonchev–Trinajstić information content (AvgIpc) is 3.38. The van der Waals surface area contributed by atoms with Crippen LogP contribution in [0.2, 0.25) is 0 Å². The number of amides is 2. The van der Waals surface area contributed by atoms with Crippen molar-refractivity contribution in [2.75, 3.05) is 19.8 Å². The van der Waals surface area contributed by atoms with Crippen LogP contribution in [0.1, 0.15) is 30.4 Å². The Labute approximate surface area is 185 Å². The molecule has 3 N–H and O–H groups in total. The van der Waals surface area contributed by atoms with E-state index in [9.17, 15) is 14.4 Å². The molecule has 1 fully saturated rings. The molecular weight excluding hydrogens is 412 g/mol. The Balaban J connectivity index is 1.28. The van der Waals surface area contributed by atoms with Crippen molar-refractivity contribution in [1.29, 1.82) is 0 Å². The second-order valence-corrected chi connectivity index (χ2v) is 8.14. The fourth-order valence-electron chi connectivity index (χ4n) is 4.28. The zero-order valence-corrected chi connectivity index (χ0v) is 17.7. The molecule has 1 unspecified atom stereocenters. The van der Waals surface area contributed by atoms with Crippen molar-refractivity contribution in [3.63, 3.8) is 0 Å². The van der Waals surface area contributed by atoms with Crippen LogP contribution in [0.15, 0.2) is 48.5 Å². The van der Waals surface area contributed by atoms with Gasteiger partial charge in [0.2, 0.25) is 5.91 Å². The zero-order valence-electron chi connectivity index (χ0n) is 17.7. The molecule has 2 aliphatic rings. The summed E-state index contributed by atoms with van der Waals surface area (Å²) < 4.78 is 10.6. The topological polar surface area (TPSA) is 114 Å². The molecule has 8 heteroatoms. The highest BCUT2D eigenvalue weighted by Crippen LogP contribution is 2.44. The summed E-state index contributed by atoms with van der Waals surface area (Å²) in [5.74, 6) is -2.03. The fourth-order valence-corrected chi connectivity index (χ4v) is 4.28. The first-order valence-electron chi connectivity index (χ1n) is 10.7. The molecule has 2 amide bonds. The van der Waals surface area contributed by atoms with Gasteiger partial charge in [0, 0.05) is 19.1 Å². The highest BCUT2D eigenvalue weighted by atomic mass is 16.5. The second-order valence-electron chi connectivity index (χ2n) is 8.14. The molecule has 0 saturated carbocycles. The largest absolute Gasteiger partial charge is 0.479 e. The number of ether oxygens (including phenoxy) is 2. The van der Waals surface area contributed by atoms with Gasteiger partial charge in [-0.15, -0.1) is 0 Å². The van der Waals surface area contributed by atoms with Gasteiger partial charge in [0.25, 0.3) is 0 Å². The van der Waals surface area contributed by atoms with Crippen molar-refractivity contribution in [1.82, 2.24) is 10.6 Å². The van der Waals surface area contributed by atoms with Gasteiger partial charge in [0.1, 0.15) is 6.61 Å². The van der Waals surface area contributed by atoms with Crippen LogP contribution in [-0.2, 0) is 19.1 Å². The van der Waals surface area contributed by atoms with Gasteiger partial charge >= 0.3 is 12.1 Å². The van der Waals surface area contributed by atoms with E-state index >= 15 is 0 Å². The van der Waals surface area contributed by atoms with Gasteiger partial charge in [-0.2, -0.15) is 0 Å². The minimum Gasteiger partial charge on any atom is -0.479 e. The third kappa shape index (κ3) is 4.45. The highest BCUT2D eigenvalue weighted by molar-refractivity contribution is 5.82. The molecule has 0 radical (unpaired) electrons. The molecule has 0 spiro atoms. The summed E-state index contributed by atoms with van der Waals surface area (Å²) in [6, 6.07) is 15.6. The summed E-state index contributed by atoms with van der Waals surface area (Å²) >= 11 is 0. The second kappa shape index (κ2) is 9.40. The van der Waals surface area contributed by atoms with Gasteiger partial charge in [0.05, 0.1) is 12.0 Å². The predicted molar refractivity (Wildman–Crippen MR) is 116 cm³/mol. The molecule has 0 bridgehead atoms. The molecular formula is C24H26N2O6. The number of carboxylic acids is 1. The molecule has 1 heterocycles. The summed E-state index contributed by atoms with van der Waals surface area (Å²) in [6.45, 7) is 2.22. The molecule has 1 aliphatic heterocycles. The molecule has 32 heavy (non-hydrogen) atoms. The van der Waals surface area contributed by atoms with E-state index in [1.54, 1.807) is 6.92 Å². The van der Waals surface area contributed by atoms with E-state index in [1.807, 2.05) is 36.4 Å². The number of hydrogen-bond donors (Lipinski definition) is 3. The van der Waals surface area contributed by atoms with Crippen LogP contribution in [0.5, 0.6) is 0 Å². The number of alkyl carbamates (subject to hydrolysis) is 1. The highest BCUT2D eigenvalue weighted by Gasteiger charge is 2.36. The number of carboxylic acid groups (broad SMARTS) is 1. The normalized spacial score (nSPS) is 20.2. The molecule has 2 aromatic carbocycles. The monoisotopic (exact) mass is 438 g/mol. The van der Waals surface area contributed by atoms with E-state index in [0.29, 0.717) is 6.42 Å². The summed E-state index contributed by atoms with van der Waals surface area (Å²) in [5.41, 5.74) is 4.55. The summed E-state index contributed by atoms with van der Waals surface area (Å²) in [5, 5.41) is 14.5. The van der Waals surface area contributed by atoms with Crippen LogP contribution < -0.4 is 10.6 Å². The summed E-state index contributed by atoms with van der Waals surface area (Å²) in [6.07, 6.45) is -1.20. The Morgan fingerprint density at radius 2 is 1.72 bits per heavy atom. The maximum absolute atomic E-state index is 12.4. The third-order valence-electron chi connectivity index (χ3n) is 6.01. The fraction of sp³-hybridized carbons (Fsp3) is 0.375. The lowest BCUT2D eigenvalue weighted by Gasteiger charge is -2.20. The lowest BCUT2D eigenvalue weighted by atomic mass is 9.98. The van der Waals surface area contributed by atoms with Crippen LogP contribution in [0.3, 0.4) is 0 Å². The number of hydrogen-bond acceptors (Lipinski definition) is 5. The Morgan fingerprint density at radius 1 is 1.09 bits per heavy atom. The number of aliphatic carboxylic acids is 1. The van der Waals surface area contributed by atoms with Gasteiger partial charge in [-0.1, -0.05) is 55.5 Å². The number of fused-ring (bicyclic) bond motifs is 3. The van der Waals surface area contributed by atoms with Gasteiger partial charge < -0.3 is 25.2 Å². The van der Waals surface area contributed by atoms with Gasteiger partial charge in [-0.25, -0.2) is 9.59 Å². The molecule has 3 atom stereocenters. The number of carbonyl (C=O) groups is 3. The Morgan fingerprint density at radius 3 is 2.34 bits per heavy atom. The van der Waals surface area contributed by atoms with Gasteiger partial charge in [0.15, 0.2) is 6.10 Å². The minimum atomic E-state index is -1.10. The van der Waals surface area contributed by atoms with Crippen LogP contribution in [0.25, 0.3) is 11.1 Å². The molecule has 8 nitrogen and oxygen atoms in total. The third-order valence-corrected chi connectivity index (χ3v) is 6.01. The van der Waals surface area contributed by atoms with Crippen molar-refractivity contribution in [3.05, 3.63) is 59.7 Å². The summed E-state index contributed by atoms with van der Waals surface area (Å²) in [7, 11) is 0. The SMILES string of the molecule is CC(CNC(=O)OCC1c2ccccc2-c2ccccc21)C(=O)N[C@@H]1CCO[C@@H]1C(=O)O. The first kappa shape index (κ1) is 21.8. The number of rotatable bonds is 7. The Hall–Kier alpha value is -3.39. The molecule has 1 aliphatic carbocycles. The Kier molecular flexibility index (Phi) is 6.41. The molecule has 168 valence electrons. The molecule has 4 rings (SSSR count). The quantitative estimate of drug-likeness (QED) is 0.612. The zero-order chi connectivity index (χ0) is 22.7. The standard InChI is InChI=1S/C24H26N2O6/c1-14(22(27)26-20-10-11-31-21(20)23(28)29)12-25-24(30)32-13-19-17-8-4-2-6-15(17)16-7-3-5-9-18(16)19/h2-9,14,19-21H,10-13H2,1H3,(H,25,30)(H,26,27)(H,28,29)/t14?,20-,21+/m1/s1. The van der Waals surface area contributed by atoms with E-state index in [1.165, 1.54) is 0 Å². The lowest BCUT2D eigenvalue weighted by molar-refractivity contribution is -0.148. The molecule has 2 aromatic rings.